The Morgan fingerprint density at radius 2 is 2.20 bits per heavy atom. The summed E-state index contributed by atoms with van der Waals surface area (Å²) in [5.41, 5.74) is 0. The van der Waals surface area contributed by atoms with Gasteiger partial charge in [-0.05, 0) is 36.4 Å². The van der Waals surface area contributed by atoms with Gasteiger partial charge in [-0.15, -0.1) is 11.3 Å². The number of rotatable bonds is 3. The van der Waals surface area contributed by atoms with Gasteiger partial charge in [0.05, 0.1) is 11.4 Å². The fraction of sp³-hybridized carbons (Fsp3) is 0.333. The van der Waals surface area contributed by atoms with Crippen molar-refractivity contribution in [2.75, 3.05) is 13.1 Å². The maximum absolute atomic E-state index is 12.3. The Morgan fingerprint density at radius 3 is 2.95 bits per heavy atom. The number of ether oxygens (including phenoxy) is 1. The largest absolute Gasteiger partial charge is 0.488 e. The van der Waals surface area contributed by atoms with Gasteiger partial charge in [-0.2, -0.15) is 0 Å². The van der Waals surface area contributed by atoms with Crippen molar-refractivity contribution >= 4 is 17.2 Å². The second-order valence-corrected chi connectivity index (χ2v) is 5.74. The van der Waals surface area contributed by atoms with E-state index in [0.29, 0.717) is 6.54 Å². The molecule has 2 aromatic heterocycles. The summed E-state index contributed by atoms with van der Waals surface area (Å²) in [4.78, 5) is 19.0. The molecule has 3 heterocycles. The van der Waals surface area contributed by atoms with Gasteiger partial charge in [0.15, 0.2) is 0 Å². The molecule has 1 fully saturated rings. The fourth-order valence-electron chi connectivity index (χ4n) is 2.38. The quantitative estimate of drug-likeness (QED) is 0.872. The molecule has 104 valence electrons. The van der Waals surface area contributed by atoms with Gasteiger partial charge in [0.25, 0.3) is 5.91 Å². The number of hydrogen-bond donors (Lipinski definition) is 0. The van der Waals surface area contributed by atoms with E-state index < -0.39 is 0 Å². The third-order valence-corrected chi connectivity index (χ3v) is 4.21. The second kappa shape index (κ2) is 6.05. The van der Waals surface area contributed by atoms with Crippen LogP contribution in [0.15, 0.2) is 42.0 Å². The van der Waals surface area contributed by atoms with Crippen molar-refractivity contribution in [3.8, 4) is 5.75 Å². The Labute approximate surface area is 122 Å². The van der Waals surface area contributed by atoms with Crippen LogP contribution in [0.4, 0.5) is 0 Å². The predicted molar refractivity (Wildman–Crippen MR) is 78.1 cm³/mol. The number of amides is 1. The third-order valence-electron chi connectivity index (χ3n) is 3.35. The van der Waals surface area contributed by atoms with Crippen LogP contribution in [-0.4, -0.2) is 35.0 Å². The molecular formula is C15H16N2O2S. The highest BCUT2D eigenvalue weighted by Gasteiger charge is 2.26. The van der Waals surface area contributed by atoms with Crippen molar-refractivity contribution in [2.45, 2.75) is 18.9 Å². The molecule has 0 radical (unpaired) electrons. The molecule has 0 spiro atoms. The molecule has 1 aliphatic heterocycles. The zero-order chi connectivity index (χ0) is 13.8. The summed E-state index contributed by atoms with van der Waals surface area (Å²) in [5, 5.41) is 1.93. The minimum absolute atomic E-state index is 0.0649. The van der Waals surface area contributed by atoms with Crippen LogP contribution >= 0.6 is 11.3 Å². The number of carbonyl (C=O) groups is 1. The minimum Gasteiger partial charge on any atom is -0.488 e. The van der Waals surface area contributed by atoms with Crippen molar-refractivity contribution in [1.29, 1.82) is 0 Å². The number of pyridine rings is 1. The average Bonchev–Trinajstić information content (AvgIpc) is 3.02. The van der Waals surface area contributed by atoms with Crippen LogP contribution in [0.3, 0.4) is 0 Å². The van der Waals surface area contributed by atoms with Gasteiger partial charge in [0, 0.05) is 18.9 Å². The molecule has 0 aromatic carbocycles. The molecule has 1 aliphatic rings. The minimum atomic E-state index is 0.0649. The highest BCUT2D eigenvalue weighted by Crippen LogP contribution is 2.20. The van der Waals surface area contributed by atoms with Gasteiger partial charge in [-0.3, -0.25) is 9.78 Å². The first-order valence-electron chi connectivity index (χ1n) is 6.72. The number of likely N-dealkylation sites (tertiary alicyclic amines) is 1. The van der Waals surface area contributed by atoms with E-state index in [1.807, 2.05) is 34.5 Å². The lowest BCUT2D eigenvalue weighted by Crippen LogP contribution is -2.44. The second-order valence-electron chi connectivity index (χ2n) is 4.79. The zero-order valence-electron chi connectivity index (χ0n) is 11.1. The van der Waals surface area contributed by atoms with Crippen LogP contribution < -0.4 is 4.74 Å². The molecule has 3 rings (SSSR count). The SMILES string of the molecule is O=C(c1cccs1)N1CCC[C@H](Oc2ccncc2)C1. The summed E-state index contributed by atoms with van der Waals surface area (Å²) in [6, 6.07) is 7.48. The van der Waals surface area contributed by atoms with E-state index in [9.17, 15) is 4.79 Å². The topological polar surface area (TPSA) is 42.4 Å². The first-order valence-corrected chi connectivity index (χ1v) is 7.60. The Hall–Kier alpha value is -1.88. The Morgan fingerprint density at radius 1 is 1.35 bits per heavy atom. The van der Waals surface area contributed by atoms with Crippen molar-refractivity contribution in [1.82, 2.24) is 9.88 Å². The predicted octanol–water partition coefficient (Wildman–Crippen LogP) is 2.83. The molecular weight excluding hydrogens is 272 g/mol. The number of carbonyl (C=O) groups excluding carboxylic acids is 1. The van der Waals surface area contributed by atoms with Crippen molar-refractivity contribution in [3.63, 3.8) is 0 Å². The Bertz CT molecular complexity index is 557. The first-order chi connectivity index (χ1) is 9.83. The van der Waals surface area contributed by atoms with Crippen LogP contribution in [-0.2, 0) is 0 Å². The molecule has 2 aromatic rings. The van der Waals surface area contributed by atoms with E-state index in [1.54, 1.807) is 12.4 Å². The standard InChI is InChI=1S/C15H16N2O2S/c18-15(14-4-2-10-20-14)17-9-1-3-13(11-17)19-12-5-7-16-8-6-12/h2,4-8,10,13H,1,3,9,11H2/t13-/m0/s1. The molecule has 0 aliphatic carbocycles. The summed E-state index contributed by atoms with van der Waals surface area (Å²) in [6.45, 7) is 1.46. The van der Waals surface area contributed by atoms with Gasteiger partial charge in [-0.1, -0.05) is 6.07 Å². The van der Waals surface area contributed by atoms with E-state index in [2.05, 4.69) is 4.98 Å². The van der Waals surface area contributed by atoms with E-state index in [1.165, 1.54) is 11.3 Å². The maximum atomic E-state index is 12.3. The number of thiophene rings is 1. The van der Waals surface area contributed by atoms with E-state index in [-0.39, 0.29) is 12.0 Å². The van der Waals surface area contributed by atoms with Crippen molar-refractivity contribution in [2.24, 2.45) is 0 Å². The lowest BCUT2D eigenvalue weighted by Gasteiger charge is -2.32. The summed E-state index contributed by atoms with van der Waals surface area (Å²) in [6.07, 6.45) is 5.46. The molecule has 0 unspecified atom stereocenters. The summed E-state index contributed by atoms with van der Waals surface area (Å²) in [5.74, 6) is 0.929. The third kappa shape index (κ3) is 2.99. The number of hydrogen-bond acceptors (Lipinski definition) is 4. The number of nitrogens with zero attached hydrogens (tertiary/aromatic N) is 2. The van der Waals surface area contributed by atoms with Gasteiger partial charge in [-0.25, -0.2) is 0 Å². The maximum Gasteiger partial charge on any atom is 0.264 e. The van der Waals surface area contributed by atoms with Crippen molar-refractivity contribution < 1.29 is 9.53 Å². The first kappa shape index (κ1) is 13.1. The monoisotopic (exact) mass is 288 g/mol. The molecule has 1 amide bonds. The molecule has 1 atom stereocenters. The van der Waals surface area contributed by atoms with Crippen LogP contribution in [0.5, 0.6) is 5.75 Å². The van der Waals surface area contributed by atoms with Gasteiger partial charge in [0.2, 0.25) is 0 Å². The normalized spacial score (nSPS) is 18.8. The fourth-order valence-corrected chi connectivity index (χ4v) is 3.07. The van der Waals surface area contributed by atoms with Crippen LogP contribution in [0.2, 0.25) is 0 Å². The van der Waals surface area contributed by atoms with Crippen LogP contribution in [0.1, 0.15) is 22.5 Å². The van der Waals surface area contributed by atoms with Gasteiger partial charge in [0.1, 0.15) is 11.9 Å². The van der Waals surface area contributed by atoms with Gasteiger partial charge < -0.3 is 9.64 Å². The van der Waals surface area contributed by atoms with E-state index >= 15 is 0 Å². The zero-order valence-corrected chi connectivity index (χ0v) is 11.9. The molecule has 5 heteroatoms. The lowest BCUT2D eigenvalue weighted by atomic mass is 10.1. The molecule has 0 bridgehead atoms. The summed E-state index contributed by atoms with van der Waals surface area (Å²) in [7, 11) is 0. The molecule has 0 N–H and O–H groups in total. The smallest absolute Gasteiger partial charge is 0.264 e. The van der Waals surface area contributed by atoms with E-state index in [0.717, 1.165) is 30.0 Å². The average molecular weight is 288 g/mol. The van der Waals surface area contributed by atoms with Gasteiger partial charge >= 0.3 is 0 Å². The highest BCUT2D eigenvalue weighted by atomic mass is 32.1. The molecule has 0 saturated carbocycles. The number of aromatic nitrogens is 1. The lowest BCUT2D eigenvalue weighted by molar-refractivity contribution is 0.0542. The highest BCUT2D eigenvalue weighted by molar-refractivity contribution is 7.12. The van der Waals surface area contributed by atoms with Crippen LogP contribution in [0.25, 0.3) is 0 Å². The summed E-state index contributed by atoms with van der Waals surface area (Å²) < 4.78 is 5.92. The molecule has 20 heavy (non-hydrogen) atoms. The van der Waals surface area contributed by atoms with Crippen molar-refractivity contribution in [3.05, 3.63) is 46.9 Å². The number of piperidine rings is 1. The Balaban J connectivity index is 1.63. The summed E-state index contributed by atoms with van der Waals surface area (Å²) >= 11 is 1.49. The molecule has 4 nitrogen and oxygen atoms in total. The van der Waals surface area contributed by atoms with Crippen LogP contribution in [0, 0.1) is 0 Å². The Kier molecular flexibility index (Phi) is 3.97. The molecule has 1 saturated heterocycles. The van der Waals surface area contributed by atoms with E-state index in [4.69, 9.17) is 4.74 Å².